The number of carbonyl (C=O) groups excluding carboxylic acids is 1. The number of hydrogen-bond acceptors (Lipinski definition) is 4. The Labute approximate surface area is 132 Å². The Kier molecular flexibility index (Phi) is 6.49. The number of halogens is 4. The summed E-state index contributed by atoms with van der Waals surface area (Å²) in [7, 11) is 1.18. The summed E-state index contributed by atoms with van der Waals surface area (Å²) in [5, 5.41) is 3.18. The molecule has 0 bridgehead atoms. The van der Waals surface area contributed by atoms with Gasteiger partial charge in [0, 0.05) is 0 Å². The smallest absolute Gasteiger partial charge is 0.465 e. The lowest BCUT2D eigenvalue weighted by Gasteiger charge is -2.24. The molecule has 0 amide bonds. The maximum Gasteiger partial charge on any atom is 0.573 e. The molecule has 1 N–H and O–H groups in total. The number of nitrogens with one attached hydrogen (secondary N) is 1. The Morgan fingerprint density at radius 3 is 2.41 bits per heavy atom. The van der Waals surface area contributed by atoms with E-state index in [1.807, 2.05) is 0 Å². The van der Waals surface area contributed by atoms with E-state index in [0.29, 0.717) is 5.56 Å². The lowest BCUT2D eigenvalue weighted by molar-refractivity contribution is -0.274. The molecule has 1 aromatic carbocycles. The van der Waals surface area contributed by atoms with Gasteiger partial charge in [-0.1, -0.05) is 0 Å². The monoisotopic (exact) mass is 339 g/mol. The van der Waals surface area contributed by atoms with Gasteiger partial charge in [-0.15, -0.1) is 25.6 Å². The van der Waals surface area contributed by atoms with Crippen molar-refractivity contribution in [2.45, 2.75) is 25.1 Å². The van der Waals surface area contributed by atoms with E-state index in [1.165, 1.54) is 13.2 Å². The molecule has 0 atom stereocenters. The molecule has 0 aromatic heterocycles. The van der Waals surface area contributed by atoms with Gasteiger partial charge in [0.2, 0.25) is 0 Å². The third-order valence-corrected chi connectivity index (χ3v) is 3.39. The Hall–Kier alpha value is -1.47. The second kappa shape index (κ2) is 7.69. The molecular formula is C14H17ClF3NO3. The van der Waals surface area contributed by atoms with E-state index in [9.17, 15) is 18.0 Å². The zero-order valence-electron chi connectivity index (χ0n) is 11.9. The third kappa shape index (κ3) is 5.06. The molecule has 1 heterocycles. The molecule has 0 saturated carbocycles. The maximum atomic E-state index is 12.4. The topological polar surface area (TPSA) is 47.6 Å². The van der Waals surface area contributed by atoms with Crippen LogP contribution in [0.15, 0.2) is 18.2 Å². The van der Waals surface area contributed by atoms with Crippen LogP contribution in [0.3, 0.4) is 0 Å². The first kappa shape index (κ1) is 18.6. The molecule has 0 radical (unpaired) electrons. The number of hydrogen-bond donors (Lipinski definition) is 1. The molecule has 0 aliphatic carbocycles. The summed E-state index contributed by atoms with van der Waals surface area (Å²) in [4.78, 5) is 11.6. The first-order valence-electron chi connectivity index (χ1n) is 6.59. The van der Waals surface area contributed by atoms with E-state index >= 15 is 0 Å². The summed E-state index contributed by atoms with van der Waals surface area (Å²) < 4.78 is 45.7. The average Bonchev–Trinajstić information content (AvgIpc) is 2.45. The Bertz CT molecular complexity index is 517. The maximum absolute atomic E-state index is 12.4. The first-order valence-corrected chi connectivity index (χ1v) is 6.59. The highest BCUT2D eigenvalue weighted by molar-refractivity contribution is 5.90. The summed E-state index contributed by atoms with van der Waals surface area (Å²) in [5.41, 5.74) is 0.728. The normalized spacial score (nSPS) is 15.8. The van der Waals surface area contributed by atoms with Crippen LogP contribution in [-0.4, -0.2) is 32.5 Å². The van der Waals surface area contributed by atoms with Crippen molar-refractivity contribution in [1.29, 1.82) is 0 Å². The quantitative estimate of drug-likeness (QED) is 0.859. The molecular weight excluding hydrogens is 323 g/mol. The van der Waals surface area contributed by atoms with Crippen molar-refractivity contribution in [2.24, 2.45) is 0 Å². The minimum Gasteiger partial charge on any atom is -0.465 e. The summed E-state index contributed by atoms with van der Waals surface area (Å²) in [6.07, 6.45) is -3.19. The molecule has 8 heteroatoms. The van der Waals surface area contributed by atoms with Crippen molar-refractivity contribution in [3.63, 3.8) is 0 Å². The van der Waals surface area contributed by atoms with Crippen LogP contribution < -0.4 is 10.1 Å². The van der Waals surface area contributed by atoms with Crippen LogP contribution in [0.4, 0.5) is 13.2 Å². The number of alkyl halides is 3. The number of benzene rings is 1. The van der Waals surface area contributed by atoms with Crippen molar-refractivity contribution in [3.05, 3.63) is 29.3 Å². The molecule has 1 aliphatic heterocycles. The van der Waals surface area contributed by atoms with Gasteiger partial charge in [0.1, 0.15) is 5.75 Å². The zero-order valence-corrected chi connectivity index (χ0v) is 12.7. The van der Waals surface area contributed by atoms with E-state index < -0.39 is 12.3 Å². The van der Waals surface area contributed by atoms with Gasteiger partial charge < -0.3 is 14.8 Å². The van der Waals surface area contributed by atoms with E-state index in [-0.39, 0.29) is 29.6 Å². The molecule has 1 aromatic rings. The van der Waals surface area contributed by atoms with Gasteiger partial charge in [0.25, 0.3) is 0 Å². The fourth-order valence-corrected chi connectivity index (χ4v) is 2.44. The van der Waals surface area contributed by atoms with Gasteiger partial charge in [-0.05, 0) is 55.6 Å². The number of piperidine rings is 1. The molecule has 1 aliphatic rings. The highest BCUT2D eigenvalue weighted by Gasteiger charge is 2.32. The summed E-state index contributed by atoms with van der Waals surface area (Å²) in [5.74, 6) is -0.969. The van der Waals surface area contributed by atoms with E-state index in [0.717, 1.165) is 32.0 Å². The predicted molar refractivity (Wildman–Crippen MR) is 76.6 cm³/mol. The third-order valence-electron chi connectivity index (χ3n) is 3.39. The number of carbonyl (C=O) groups is 1. The number of rotatable bonds is 3. The standard InChI is InChI=1S/C14H16F3NO3.ClH/c1-20-13(19)11-6-10(9-2-4-18-5-3-9)7-12(8-11)21-14(15,16)17;/h6-9,18H,2-5H2,1H3;1H. The molecule has 1 saturated heterocycles. The molecule has 2 rings (SSSR count). The number of methoxy groups -OCH3 is 1. The van der Waals surface area contributed by atoms with Gasteiger partial charge in [-0.3, -0.25) is 0 Å². The molecule has 0 spiro atoms. The summed E-state index contributed by atoms with van der Waals surface area (Å²) in [6, 6.07) is 3.96. The van der Waals surface area contributed by atoms with Gasteiger partial charge >= 0.3 is 12.3 Å². The van der Waals surface area contributed by atoms with Crippen LogP contribution in [-0.2, 0) is 4.74 Å². The van der Waals surface area contributed by atoms with E-state index in [2.05, 4.69) is 14.8 Å². The van der Waals surface area contributed by atoms with Crippen molar-refractivity contribution in [3.8, 4) is 5.75 Å². The first-order chi connectivity index (χ1) is 9.89. The lowest BCUT2D eigenvalue weighted by atomic mass is 9.89. The summed E-state index contributed by atoms with van der Waals surface area (Å²) >= 11 is 0. The molecule has 4 nitrogen and oxygen atoms in total. The van der Waals surface area contributed by atoms with Crippen LogP contribution in [0.1, 0.15) is 34.7 Å². The van der Waals surface area contributed by atoms with Crippen LogP contribution in [0.2, 0.25) is 0 Å². The second-order valence-corrected chi connectivity index (χ2v) is 4.85. The number of esters is 1. The number of ether oxygens (including phenoxy) is 2. The molecule has 22 heavy (non-hydrogen) atoms. The van der Waals surface area contributed by atoms with Crippen molar-refractivity contribution >= 4 is 18.4 Å². The lowest BCUT2D eigenvalue weighted by Crippen LogP contribution is -2.27. The fourth-order valence-electron chi connectivity index (χ4n) is 2.44. The second-order valence-electron chi connectivity index (χ2n) is 4.85. The highest BCUT2D eigenvalue weighted by atomic mass is 35.5. The molecule has 0 unspecified atom stereocenters. The van der Waals surface area contributed by atoms with Gasteiger partial charge in [0.05, 0.1) is 12.7 Å². The Balaban J connectivity index is 0.00000242. The highest BCUT2D eigenvalue weighted by Crippen LogP contribution is 2.32. The molecule has 124 valence electrons. The van der Waals surface area contributed by atoms with Gasteiger partial charge in [-0.2, -0.15) is 0 Å². The van der Waals surface area contributed by atoms with Crippen LogP contribution in [0.5, 0.6) is 5.75 Å². The van der Waals surface area contributed by atoms with E-state index in [4.69, 9.17) is 0 Å². The van der Waals surface area contributed by atoms with Crippen molar-refractivity contribution < 1.29 is 27.4 Å². The van der Waals surface area contributed by atoms with Crippen LogP contribution in [0, 0.1) is 0 Å². The summed E-state index contributed by atoms with van der Waals surface area (Å²) in [6.45, 7) is 1.59. The SMILES string of the molecule is COC(=O)c1cc(OC(F)(F)F)cc(C2CCNCC2)c1.Cl. The molecule has 1 fully saturated rings. The van der Waals surface area contributed by atoms with E-state index in [1.54, 1.807) is 6.07 Å². The Morgan fingerprint density at radius 2 is 1.86 bits per heavy atom. The Morgan fingerprint density at radius 1 is 1.23 bits per heavy atom. The minimum atomic E-state index is -4.79. The van der Waals surface area contributed by atoms with Gasteiger partial charge in [-0.25, -0.2) is 4.79 Å². The largest absolute Gasteiger partial charge is 0.573 e. The average molecular weight is 340 g/mol. The van der Waals surface area contributed by atoms with Crippen LogP contribution in [0.25, 0.3) is 0 Å². The zero-order chi connectivity index (χ0) is 15.5. The minimum absolute atomic E-state index is 0. The van der Waals surface area contributed by atoms with Crippen LogP contribution >= 0.6 is 12.4 Å². The fraction of sp³-hybridized carbons (Fsp3) is 0.500. The van der Waals surface area contributed by atoms with Crippen molar-refractivity contribution in [2.75, 3.05) is 20.2 Å². The van der Waals surface area contributed by atoms with Crippen molar-refractivity contribution in [1.82, 2.24) is 5.32 Å². The predicted octanol–water partition coefficient (Wildman–Crippen LogP) is 3.26. The van der Waals surface area contributed by atoms with Gasteiger partial charge in [0.15, 0.2) is 0 Å².